The summed E-state index contributed by atoms with van der Waals surface area (Å²) in [4.78, 5) is 7.02. The maximum Gasteiger partial charge on any atom is 0.191 e. The molecule has 29 heavy (non-hydrogen) atoms. The minimum Gasteiger partial charge on any atom is -0.493 e. The number of ether oxygens (including phenoxy) is 3. The molecule has 164 valence electrons. The number of rotatable bonds is 10. The van der Waals surface area contributed by atoms with Gasteiger partial charge in [0.2, 0.25) is 0 Å². The van der Waals surface area contributed by atoms with Gasteiger partial charge in [0.15, 0.2) is 17.5 Å². The lowest BCUT2D eigenvalue weighted by Crippen LogP contribution is -2.46. The largest absolute Gasteiger partial charge is 0.493 e. The van der Waals surface area contributed by atoms with Gasteiger partial charge < -0.3 is 30.0 Å². The van der Waals surface area contributed by atoms with Crippen molar-refractivity contribution < 1.29 is 19.3 Å². The predicted molar refractivity (Wildman–Crippen MR) is 115 cm³/mol. The number of guanidine groups is 1. The smallest absolute Gasteiger partial charge is 0.191 e. The van der Waals surface area contributed by atoms with Gasteiger partial charge in [-0.15, -0.1) is 0 Å². The van der Waals surface area contributed by atoms with Crippen molar-refractivity contribution in [3.05, 3.63) is 23.8 Å². The molecule has 2 unspecified atom stereocenters. The van der Waals surface area contributed by atoms with Gasteiger partial charge in [-0.05, 0) is 30.5 Å². The number of hydrogen-bond acceptors (Lipinski definition) is 6. The van der Waals surface area contributed by atoms with Gasteiger partial charge in [0, 0.05) is 39.3 Å². The van der Waals surface area contributed by atoms with E-state index in [-0.39, 0.29) is 18.6 Å². The predicted octanol–water partition coefficient (Wildman–Crippen LogP) is 1.26. The molecular weight excluding hydrogens is 372 g/mol. The quantitative estimate of drug-likeness (QED) is 0.397. The highest BCUT2D eigenvalue weighted by molar-refractivity contribution is 5.79. The topological polar surface area (TPSA) is 87.6 Å². The van der Waals surface area contributed by atoms with Crippen molar-refractivity contribution in [2.24, 2.45) is 10.9 Å². The first kappa shape index (κ1) is 23.3. The van der Waals surface area contributed by atoms with Gasteiger partial charge in [0.05, 0.1) is 33.5 Å². The zero-order valence-electron chi connectivity index (χ0n) is 18.1. The fraction of sp³-hybridized carbons (Fsp3) is 0.667. The van der Waals surface area contributed by atoms with Gasteiger partial charge in [-0.2, -0.15) is 0 Å². The van der Waals surface area contributed by atoms with Crippen LogP contribution < -0.4 is 20.1 Å². The lowest BCUT2D eigenvalue weighted by molar-refractivity contribution is 0.0169. The van der Waals surface area contributed by atoms with Crippen LogP contribution in [0.4, 0.5) is 0 Å². The van der Waals surface area contributed by atoms with Crippen LogP contribution >= 0.6 is 0 Å². The molecule has 1 saturated heterocycles. The van der Waals surface area contributed by atoms with E-state index in [9.17, 15) is 5.11 Å². The number of aliphatic imine (C=N–C) groups is 1. The first-order valence-electron chi connectivity index (χ1n) is 10.3. The first-order valence-corrected chi connectivity index (χ1v) is 10.3. The Morgan fingerprint density at radius 2 is 1.93 bits per heavy atom. The van der Waals surface area contributed by atoms with Gasteiger partial charge in [-0.1, -0.05) is 13.0 Å². The van der Waals surface area contributed by atoms with E-state index in [1.54, 1.807) is 14.2 Å². The molecule has 0 saturated carbocycles. The molecule has 2 rings (SSSR count). The average molecular weight is 409 g/mol. The molecule has 3 N–H and O–H groups in total. The monoisotopic (exact) mass is 408 g/mol. The lowest BCUT2D eigenvalue weighted by atomic mass is 10.0. The van der Waals surface area contributed by atoms with E-state index >= 15 is 0 Å². The Kier molecular flexibility index (Phi) is 10.0. The van der Waals surface area contributed by atoms with E-state index in [0.29, 0.717) is 13.1 Å². The molecule has 8 heteroatoms. The SMILES string of the molecule is CCNC(=NCC(C)CO)NCC(c1ccc(OC)c(OC)c1)N1CCOCC1. The second kappa shape index (κ2) is 12.5. The molecule has 1 aromatic carbocycles. The third kappa shape index (κ3) is 7.06. The Labute approximate surface area is 174 Å². The fourth-order valence-corrected chi connectivity index (χ4v) is 3.25. The summed E-state index contributed by atoms with van der Waals surface area (Å²) in [6.07, 6.45) is 0. The van der Waals surface area contributed by atoms with Crippen LogP contribution in [0.2, 0.25) is 0 Å². The summed E-state index contributed by atoms with van der Waals surface area (Å²) in [6, 6.07) is 6.21. The molecule has 0 aliphatic carbocycles. The van der Waals surface area contributed by atoms with Crippen LogP contribution in [-0.2, 0) is 4.74 Å². The van der Waals surface area contributed by atoms with Gasteiger partial charge in [0.1, 0.15) is 0 Å². The van der Waals surface area contributed by atoms with Gasteiger partial charge in [-0.25, -0.2) is 0 Å². The van der Waals surface area contributed by atoms with E-state index in [1.807, 2.05) is 26.0 Å². The maximum absolute atomic E-state index is 9.26. The van der Waals surface area contributed by atoms with Gasteiger partial charge in [0.25, 0.3) is 0 Å². The summed E-state index contributed by atoms with van der Waals surface area (Å²) < 4.78 is 16.4. The Balaban J connectivity index is 2.19. The van der Waals surface area contributed by atoms with Crippen molar-refractivity contribution in [2.75, 3.05) is 66.8 Å². The molecule has 0 amide bonds. The fourth-order valence-electron chi connectivity index (χ4n) is 3.25. The van der Waals surface area contributed by atoms with Crippen molar-refractivity contribution >= 4 is 5.96 Å². The van der Waals surface area contributed by atoms with Crippen molar-refractivity contribution in [1.82, 2.24) is 15.5 Å². The molecule has 8 nitrogen and oxygen atoms in total. The molecule has 1 fully saturated rings. The van der Waals surface area contributed by atoms with Crippen LogP contribution in [0.3, 0.4) is 0 Å². The second-order valence-corrected chi connectivity index (χ2v) is 7.17. The number of nitrogens with one attached hydrogen (secondary N) is 2. The zero-order valence-corrected chi connectivity index (χ0v) is 18.1. The molecular formula is C21H36N4O4. The molecule has 1 aliphatic heterocycles. The summed E-state index contributed by atoms with van der Waals surface area (Å²) in [5.41, 5.74) is 1.15. The van der Waals surface area contributed by atoms with Crippen LogP contribution in [0.1, 0.15) is 25.5 Å². The van der Waals surface area contributed by atoms with Crippen LogP contribution in [0.25, 0.3) is 0 Å². The van der Waals surface area contributed by atoms with Crippen molar-refractivity contribution in [2.45, 2.75) is 19.9 Å². The third-order valence-electron chi connectivity index (χ3n) is 4.96. The number of methoxy groups -OCH3 is 2. The number of aliphatic hydroxyl groups is 1. The van der Waals surface area contributed by atoms with E-state index in [4.69, 9.17) is 14.2 Å². The maximum atomic E-state index is 9.26. The van der Waals surface area contributed by atoms with Crippen molar-refractivity contribution in [1.29, 1.82) is 0 Å². The number of hydrogen-bond donors (Lipinski definition) is 3. The summed E-state index contributed by atoms with van der Waals surface area (Å²) >= 11 is 0. The Bertz CT molecular complexity index is 635. The summed E-state index contributed by atoms with van der Waals surface area (Å²) in [5, 5.41) is 16.0. The van der Waals surface area contributed by atoms with E-state index < -0.39 is 0 Å². The normalized spacial score (nSPS) is 17.5. The standard InChI is InChI=1S/C21H36N4O4/c1-5-22-21(23-13-16(2)15-26)24-14-18(25-8-10-29-11-9-25)17-6-7-19(27-3)20(12-17)28-4/h6-7,12,16,18,26H,5,8-11,13-15H2,1-4H3,(H2,22,23,24). The highest BCUT2D eigenvalue weighted by atomic mass is 16.5. The number of nitrogens with zero attached hydrogens (tertiary/aromatic N) is 2. The lowest BCUT2D eigenvalue weighted by Gasteiger charge is -2.35. The molecule has 2 atom stereocenters. The zero-order chi connectivity index (χ0) is 21.1. The summed E-state index contributed by atoms with van der Waals surface area (Å²) in [7, 11) is 3.30. The minimum absolute atomic E-state index is 0.130. The van der Waals surface area contributed by atoms with Crippen LogP contribution in [-0.4, -0.2) is 82.7 Å². The Hall–Kier alpha value is -2.03. The molecule has 0 radical (unpaired) electrons. The molecule has 0 aromatic heterocycles. The highest BCUT2D eigenvalue weighted by Crippen LogP contribution is 2.32. The molecule has 0 bridgehead atoms. The minimum atomic E-state index is 0.130. The second-order valence-electron chi connectivity index (χ2n) is 7.17. The van der Waals surface area contributed by atoms with E-state index in [0.717, 1.165) is 55.9 Å². The average Bonchev–Trinajstić information content (AvgIpc) is 2.77. The van der Waals surface area contributed by atoms with E-state index in [1.165, 1.54) is 0 Å². The molecule has 0 spiro atoms. The number of morpholine rings is 1. The Morgan fingerprint density at radius 1 is 1.21 bits per heavy atom. The first-order chi connectivity index (χ1) is 14.1. The van der Waals surface area contributed by atoms with Crippen LogP contribution in [0, 0.1) is 5.92 Å². The van der Waals surface area contributed by atoms with Gasteiger partial charge >= 0.3 is 0 Å². The molecule has 1 heterocycles. The van der Waals surface area contributed by atoms with Crippen LogP contribution in [0.5, 0.6) is 11.5 Å². The van der Waals surface area contributed by atoms with Crippen LogP contribution in [0.15, 0.2) is 23.2 Å². The molecule has 1 aliphatic rings. The summed E-state index contributed by atoms with van der Waals surface area (Å²) in [6.45, 7) is 9.39. The van der Waals surface area contributed by atoms with Crippen molar-refractivity contribution in [3.63, 3.8) is 0 Å². The van der Waals surface area contributed by atoms with E-state index in [2.05, 4.69) is 26.6 Å². The molecule has 1 aromatic rings. The van der Waals surface area contributed by atoms with Gasteiger partial charge in [-0.3, -0.25) is 9.89 Å². The van der Waals surface area contributed by atoms with Crippen molar-refractivity contribution in [3.8, 4) is 11.5 Å². The number of aliphatic hydroxyl groups excluding tert-OH is 1. The highest BCUT2D eigenvalue weighted by Gasteiger charge is 2.24. The third-order valence-corrected chi connectivity index (χ3v) is 4.96. The number of benzene rings is 1. The Morgan fingerprint density at radius 3 is 2.55 bits per heavy atom. The summed E-state index contributed by atoms with van der Waals surface area (Å²) in [5.74, 6) is 2.33.